The minimum absolute atomic E-state index is 0.207. The van der Waals surface area contributed by atoms with Gasteiger partial charge in [-0.1, -0.05) is 24.4 Å². The van der Waals surface area contributed by atoms with E-state index < -0.39 is 11.6 Å². The summed E-state index contributed by atoms with van der Waals surface area (Å²) < 4.78 is 27.1. The van der Waals surface area contributed by atoms with Gasteiger partial charge in [0.2, 0.25) is 0 Å². The zero-order valence-electron chi connectivity index (χ0n) is 10.3. The molecule has 2 aromatic rings. The van der Waals surface area contributed by atoms with Gasteiger partial charge in [-0.25, -0.2) is 8.78 Å². The van der Waals surface area contributed by atoms with Gasteiger partial charge in [0.1, 0.15) is 16.6 Å². The molecule has 0 bridgehead atoms. The Labute approximate surface area is 129 Å². The summed E-state index contributed by atoms with van der Waals surface area (Å²) >= 11 is 8.36. The predicted octanol–water partition coefficient (Wildman–Crippen LogP) is 3.97. The Hall–Kier alpha value is -1.53. The molecule has 0 amide bonds. The van der Waals surface area contributed by atoms with E-state index in [1.54, 1.807) is 6.07 Å². The quantitative estimate of drug-likeness (QED) is 0.814. The van der Waals surface area contributed by atoms with Crippen molar-refractivity contribution in [3.8, 4) is 0 Å². The van der Waals surface area contributed by atoms with Crippen molar-refractivity contribution in [1.29, 1.82) is 0 Å². The molecular weight excluding hydrogens is 346 g/mol. The van der Waals surface area contributed by atoms with Gasteiger partial charge in [0.15, 0.2) is 0 Å². The summed E-state index contributed by atoms with van der Waals surface area (Å²) in [5.74, 6) is -1.19. The Balaban J connectivity index is 2.23. The van der Waals surface area contributed by atoms with E-state index in [-0.39, 0.29) is 11.5 Å². The van der Waals surface area contributed by atoms with Gasteiger partial charge < -0.3 is 11.1 Å². The van der Waals surface area contributed by atoms with Crippen molar-refractivity contribution in [2.24, 2.45) is 5.73 Å². The maximum Gasteiger partial charge on any atom is 0.131 e. The molecule has 0 saturated heterocycles. The Kier molecular flexibility index (Phi) is 4.67. The maximum atomic E-state index is 13.6. The molecular formula is C14H11BrF2N2S. The van der Waals surface area contributed by atoms with E-state index in [0.29, 0.717) is 16.8 Å². The lowest BCUT2D eigenvalue weighted by molar-refractivity contribution is 0.574. The van der Waals surface area contributed by atoms with Crippen molar-refractivity contribution >= 4 is 38.8 Å². The summed E-state index contributed by atoms with van der Waals surface area (Å²) in [6.07, 6.45) is 0. The van der Waals surface area contributed by atoms with E-state index >= 15 is 0 Å². The SMILES string of the molecule is NC(=S)c1c(Br)cccc1NCc1ccc(F)cc1F. The standard InChI is InChI=1S/C14H11BrF2N2S/c15-10-2-1-3-12(13(10)14(18)20)19-7-8-4-5-9(16)6-11(8)17/h1-6,19H,7H2,(H2,18,20). The fraction of sp³-hybridized carbons (Fsp3) is 0.0714. The third-order valence-electron chi connectivity index (χ3n) is 2.74. The molecule has 0 fully saturated rings. The van der Waals surface area contributed by atoms with Crippen LogP contribution in [0.5, 0.6) is 0 Å². The number of hydrogen-bond donors (Lipinski definition) is 2. The lowest BCUT2D eigenvalue weighted by atomic mass is 10.1. The van der Waals surface area contributed by atoms with E-state index in [9.17, 15) is 8.78 Å². The van der Waals surface area contributed by atoms with Crippen molar-refractivity contribution in [3.05, 3.63) is 63.6 Å². The van der Waals surface area contributed by atoms with E-state index in [1.165, 1.54) is 12.1 Å². The molecule has 0 heterocycles. The molecule has 0 spiro atoms. The van der Waals surface area contributed by atoms with Gasteiger partial charge in [0.05, 0.1) is 0 Å². The molecule has 20 heavy (non-hydrogen) atoms. The van der Waals surface area contributed by atoms with Crippen LogP contribution in [0.2, 0.25) is 0 Å². The highest BCUT2D eigenvalue weighted by Gasteiger charge is 2.10. The second-order valence-electron chi connectivity index (χ2n) is 4.12. The molecule has 0 aliphatic carbocycles. The van der Waals surface area contributed by atoms with E-state index in [2.05, 4.69) is 21.2 Å². The average molecular weight is 357 g/mol. The largest absolute Gasteiger partial charge is 0.389 e. The first-order valence-electron chi connectivity index (χ1n) is 5.75. The van der Waals surface area contributed by atoms with Crippen LogP contribution in [0.25, 0.3) is 0 Å². The summed E-state index contributed by atoms with van der Waals surface area (Å²) in [4.78, 5) is 0.236. The lowest BCUT2D eigenvalue weighted by Gasteiger charge is -2.13. The van der Waals surface area contributed by atoms with Crippen LogP contribution in [0.4, 0.5) is 14.5 Å². The predicted molar refractivity (Wildman–Crippen MR) is 83.7 cm³/mol. The maximum absolute atomic E-state index is 13.6. The molecule has 0 unspecified atom stereocenters. The number of thiocarbonyl (C=S) groups is 1. The Morgan fingerprint density at radius 1 is 1.25 bits per heavy atom. The third kappa shape index (κ3) is 3.32. The van der Waals surface area contributed by atoms with Crippen molar-refractivity contribution in [3.63, 3.8) is 0 Å². The summed E-state index contributed by atoms with van der Waals surface area (Å²) in [5.41, 5.74) is 7.38. The van der Waals surface area contributed by atoms with Crippen molar-refractivity contribution in [2.45, 2.75) is 6.54 Å². The molecule has 0 aliphatic rings. The molecule has 3 N–H and O–H groups in total. The Morgan fingerprint density at radius 3 is 2.65 bits per heavy atom. The van der Waals surface area contributed by atoms with Gasteiger partial charge in [0, 0.05) is 33.9 Å². The molecule has 0 saturated carbocycles. The van der Waals surface area contributed by atoms with Crippen molar-refractivity contribution in [1.82, 2.24) is 0 Å². The van der Waals surface area contributed by atoms with Gasteiger partial charge >= 0.3 is 0 Å². The zero-order valence-corrected chi connectivity index (χ0v) is 12.7. The molecule has 2 nitrogen and oxygen atoms in total. The highest BCUT2D eigenvalue weighted by molar-refractivity contribution is 9.10. The number of benzene rings is 2. The summed E-state index contributed by atoms with van der Waals surface area (Å²) in [6.45, 7) is 0.207. The second kappa shape index (κ2) is 6.28. The first kappa shape index (κ1) is 14.9. The van der Waals surface area contributed by atoms with Crippen LogP contribution < -0.4 is 11.1 Å². The van der Waals surface area contributed by atoms with E-state index in [4.69, 9.17) is 18.0 Å². The van der Waals surface area contributed by atoms with Gasteiger partial charge in [0.25, 0.3) is 0 Å². The van der Waals surface area contributed by atoms with Crippen LogP contribution in [0.15, 0.2) is 40.9 Å². The molecule has 0 atom stereocenters. The normalized spacial score (nSPS) is 10.3. The number of rotatable bonds is 4. The lowest BCUT2D eigenvalue weighted by Crippen LogP contribution is -2.14. The molecule has 0 radical (unpaired) electrons. The van der Waals surface area contributed by atoms with E-state index in [1.807, 2.05) is 12.1 Å². The van der Waals surface area contributed by atoms with Gasteiger partial charge in [-0.2, -0.15) is 0 Å². The number of nitrogens with one attached hydrogen (secondary N) is 1. The molecule has 0 aliphatic heterocycles. The fourth-order valence-corrected chi connectivity index (χ4v) is 2.71. The second-order valence-corrected chi connectivity index (χ2v) is 5.41. The van der Waals surface area contributed by atoms with Crippen LogP contribution >= 0.6 is 28.1 Å². The Morgan fingerprint density at radius 2 is 2.00 bits per heavy atom. The third-order valence-corrected chi connectivity index (χ3v) is 3.61. The first-order valence-corrected chi connectivity index (χ1v) is 6.95. The summed E-state index contributed by atoms with van der Waals surface area (Å²) in [5, 5.41) is 3.05. The minimum atomic E-state index is -0.600. The monoisotopic (exact) mass is 356 g/mol. The van der Waals surface area contributed by atoms with Crippen molar-refractivity contribution < 1.29 is 8.78 Å². The topological polar surface area (TPSA) is 38.0 Å². The van der Waals surface area contributed by atoms with Crippen molar-refractivity contribution in [2.75, 3.05) is 5.32 Å². The average Bonchev–Trinajstić information content (AvgIpc) is 2.37. The smallest absolute Gasteiger partial charge is 0.131 e. The molecule has 104 valence electrons. The number of nitrogens with two attached hydrogens (primary N) is 1. The summed E-state index contributed by atoms with van der Waals surface area (Å²) in [7, 11) is 0. The fourth-order valence-electron chi connectivity index (χ4n) is 1.78. The minimum Gasteiger partial charge on any atom is -0.389 e. The van der Waals surface area contributed by atoms with Crippen LogP contribution in [0.1, 0.15) is 11.1 Å². The molecule has 2 rings (SSSR count). The van der Waals surface area contributed by atoms with Crippen LogP contribution in [-0.2, 0) is 6.54 Å². The molecule has 6 heteroatoms. The van der Waals surface area contributed by atoms with Crippen LogP contribution in [0, 0.1) is 11.6 Å². The molecule has 0 aromatic heterocycles. The number of halogens is 3. The van der Waals surface area contributed by atoms with E-state index in [0.717, 1.165) is 10.5 Å². The van der Waals surface area contributed by atoms with Crippen LogP contribution in [-0.4, -0.2) is 4.99 Å². The highest BCUT2D eigenvalue weighted by Crippen LogP contribution is 2.25. The van der Waals surface area contributed by atoms with Gasteiger partial charge in [-0.05, 0) is 34.1 Å². The number of anilines is 1. The number of hydrogen-bond acceptors (Lipinski definition) is 2. The van der Waals surface area contributed by atoms with Gasteiger partial charge in [-0.3, -0.25) is 0 Å². The molecule has 2 aromatic carbocycles. The van der Waals surface area contributed by atoms with Crippen LogP contribution in [0.3, 0.4) is 0 Å². The highest BCUT2D eigenvalue weighted by atomic mass is 79.9. The first-order chi connectivity index (χ1) is 9.49. The Bertz CT molecular complexity index is 662. The summed E-state index contributed by atoms with van der Waals surface area (Å²) in [6, 6.07) is 8.89. The van der Waals surface area contributed by atoms with Gasteiger partial charge in [-0.15, -0.1) is 0 Å². The zero-order chi connectivity index (χ0) is 14.7.